The zero-order chi connectivity index (χ0) is 46.0. The van der Waals surface area contributed by atoms with Crippen LogP contribution in [0.1, 0.15) is 80.0 Å². The van der Waals surface area contributed by atoms with Gasteiger partial charge in [-0.05, 0) is 107 Å². The molecule has 0 radical (unpaired) electrons. The zero-order valence-electron chi connectivity index (χ0n) is 39.3. The van der Waals surface area contributed by atoms with E-state index < -0.39 is 41.6 Å². The molecule has 8 aromatic rings. The summed E-state index contributed by atoms with van der Waals surface area (Å²) in [7, 11) is 0. The number of phenols is 1. The van der Waals surface area contributed by atoms with Gasteiger partial charge in [0.05, 0.1) is 27.6 Å². The minimum Gasteiger partial charge on any atom is -0.507 e. The van der Waals surface area contributed by atoms with Gasteiger partial charge < -0.3 is 5.11 Å². The molecule has 7 nitrogen and oxygen atoms in total. The van der Waals surface area contributed by atoms with E-state index in [-0.39, 0.29) is 37.8 Å². The van der Waals surface area contributed by atoms with Gasteiger partial charge in [-0.2, -0.15) is 5.26 Å². The number of fused-ring (bicyclic) bond motifs is 1. The molecule has 2 aromatic heterocycles. The van der Waals surface area contributed by atoms with E-state index >= 15 is 0 Å². The molecule has 0 aliphatic rings. The molecule has 0 spiro atoms. The van der Waals surface area contributed by atoms with Crippen LogP contribution in [0, 0.1) is 19.9 Å². The van der Waals surface area contributed by atoms with Gasteiger partial charge in [0, 0.05) is 40.0 Å². The Morgan fingerprint density at radius 3 is 2.25 bits per heavy atom. The van der Waals surface area contributed by atoms with Crippen LogP contribution in [0.2, 0.25) is 0 Å². The van der Waals surface area contributed by atoms with Crippen LogP contribution < -0.4 is 0 Å². The van der Waals surface area contributed by atoms with Crippen LogP contribution in [-0.2, 0) is 31.4 Å². The van der Waals surface area contributed by atoms with Crippen molar-refractivity contribution in [2.24, 2.45) is 0 Å². The third-order valence-corrected chi connectivity index (χ3v) is 10.5. The van der Waals surface area contributed by atoms with Gasteiger partial charge in [-0.3, -0.25) is 14.4 Å². The Kier molecular flexibility index (Phi) is 10.0. The quantitative estimate of drug-likeness (QED) is 0.0894. The monoisotopic (exact) mass is 976 g/mol. The SMILES string of the molecule is [2H]c1c([2H])c(-c2ccnc(-c3[c-]c(-c4cccc5c4nc(-c4cc(C)cc(C)c4O)n5-c4cc(-c5ccccc5)cc(C([2H])(C)C)c4)cc(C(C)(C)C)c3)c2)c([2H])c([2H])c1C(=O)OO.[Pt]. The molecule has 2 heterocycles. The Balaban J connectivity index is 0.00000630. The minimum absolute atomic E-state index is 0. The zero-order valence-corrected chi connectivity index (χ0v) is 36.5. The first-order valence-electron chi connectivity index (χ1n) is 21.8. The van der Waals surface area contributed by atoms with Gasteiger partial charge in [0.1, 0.15) is 11.6 Å². The fourth-order valence-electron chi connectivity index (χ4n) is 7.34. The standard InChI is InChI=1S/C52H46N3O4.Pt/c1-31(2)38-24-39(34-12-9-8-10-13-34)29-43(28-38)55-47-15-11-14-44(48(47)54-50(55)45-23-32(3)22-33(4)49(45)56)40-25-41(27-42(26-40)52(5,6)7)46-30-37(20-21-53-46)35-16-18-36(19-17-35)51(57)59-58;/h8-24,26-31,56,58H,1-7H3;/q-1;/i16D,17D,18D,19D,31D;. The predicted octanol–water partition coefficient (Wildman–Crippen LogP) is 12.9. The molecule has 0 bridgehead atoms. The second kappa shape index (κ2) is 16.8. The van der Waals surface area contributed by atoms with Crippen LogP contribution in [0.25, 0.3) is 72.7 Å². The fourth-order valence-corrected chi connectivity index (χ4v) is 7.34. The summed E-state index contributed by atoms with van der Waals surface area (Å²) >= 11 is 0. The second-order valence-electron chi connectivity index (χ2n) is 16.1. The number of rotatable bonds is 8. The van der Waals surface area contributed by atoms with Gasteiger partial charge in [0.2, 0.25) is 0 Å². The summed E-state index contributed by atoms with van der Waals surface area (Å²) in [6.07, 6.45) is 1.52. The number of nitrogens with zero attached hydrogens (tertiary/aromatic N) is 3. The molecule has 0 aliphatic heterocycles. The first-order chi connectivity index (χ1) is 30.3. The average molecular weight is 977 g/mol. The van der Waals surface area contributed by atoms with Crippen molar-refractivity contribution in [1.29, 1.82) is 0 Å². The van der Waals surface area contributed by atoms with Gasteiger partial charge >= 0.3 is 5.97 Å². The van der Waals surface area contributed by atoms with Crippen LogP contribution in [0.3, 0.4) is 0 Å². The van der Waals surface area contributed by atoms with E-state index in [1.165, 1.54) is 6.20 Å². The van der Waals surface area contributed by atoms with E-state index in [4.69, 9.17) is 17.1 Å². The molecule has 0 aliphatic carbocycles. The molecular weight excluding hydrogens is 926 g/mol. The second-order valence-corrected chi connectivity index (χ2v) is 16.1. The molecule has 6 aromatic carbocycles. The molecule has 60 heavy (non-hydrogen) atoms. The van der Waals surface area contributed by atoms with Crippen LogP contribution in [0.5, 0.6) is 5.75 Å². The molecule has 2 N–H and O–H groups in total. The number of benzene rings is 6. The fraction of sp³-hybridized carbons (Fsp3) is 0.173. The van der Waals surface area contributed by atoms with Crippen molar-refractivity contribution in [1.82, 2.24) is 14.5 Å². The maximum atomic E-state index is 12.2. The Morgan fingerprint density at radius 1 is 0.817 bits per heavy atom. The summed E-state index contributed by atoms with van der Waals surface area (Å²) < 4.78 is 45.5. The Morgan fingerprint density at radius 2 is 1.55 bits per heavy atom. The third kappa shape index (κ3) is 8.21. The Labute approximate surface area is 372 Å². The average Bonchev–Trinajstić information content (AvgIpc) is 3.66. The van der Waals surface area contributed by atoms with Gasteiger partial charge in [0.15, 0.2) is 0 Å². The van der Waals surface area contributed by atoms with Crippen molar-refractivity contribution >= 4 is 17.0 Å². The minimum atomic E-state index is -1.39. The molecule has 0 saturated heterocycles. The smallest absolute Gasteiger partial charge is 0.372 e. The molecule has 0 atom stereocenters. The number of hydrogen-bond acceptors (Lipinski definition) is 6. The van der Waals surface area contributed by atoms with E-state index in [2.05, 4.69) is 59.5 Å². The number of carbonyl (C=O) groups excluding carboxylic acids is 1. The third-order valence-electron chi connectivity index (χ3n) is 10.5. The molecule has 8 heteroatoms. The predicted molar refractivity (Wildman–Crippen MR) is 237 cm³/mol. The maximum absolute atomic E-state index is 12.2. The van der Waals surface area contributed by atoms with Gasteiger partial charge in [0.25, 0.3) is 0 Å². The molecule has 8 rings (SSSR count). The number of pyridine rings is 1. The van der Waals surface area contributed by atoms with Crippen LogP contribution >= 0.6 is 0 Å². The first-order valence-corrected chi connectivity index (χ1v) is 19.3. The van der Waals surface area contributed by atoms with Crippen molar-refractivity contribution in [3.05, 3.63) is 167 Å². The van der Waals surface area contributed by atoms with Crippen molar-refractivity contribution < 1.29 is 48.0 Å². The number of carbonyl (C=O) groups is 1. The molecule has 0 unspecified atom stereocenters. The van der Waals surface area contributed by atoms with Crippen molar-refractivity contribution in [3.63, 3.8) is 0 Å². The molecule has 0 amide bonds. The number of aromatic hydroxyl groups is 1. The van der Waals surface area contributed by atoms with Gasteiger partial charge in [-0.1, -0.05) is 118 Å². The van der Waals surface area contributed by atoms with E-state index in [1.807, 2.05) is 100 Å². The summed E-state index contributed by atoms with van der Waals surface area (Å²) in [6, 6.07) is 34.7. The van der Waals surface area contributed by atoms with Gasteiger partial charge in [-0.25, -0.2) is 9.78 Å². The largest absolute Gasteiger partial charge is 0.507 e. The Hall–Kier alpha value is -6.14. The topological polar surface area (TPSA) is 97.5 Å². The van der Waals surface area contributed by atoms with E-state index in [9.17, 15) is 9.90 Å². The van der Waals surface area contributed by atoms with E-state index in [0.717, 1.165) is 44.6 Å². The normalized spacial score (nSPS) is 12.8. The molecule has 0 saturated carbocycles. The number of aryl methyl sites for hydroxylation is 2. The Bertz CT molecular complexity index is 3150. The van der Waals surface area contributed by atoms with Crippen LogP contribution in [0.4, 0.5) is 0 Å². The summed E-state index contributed by atoms with van der Waals surface area (Å²) in [5, 5.41) is 20.7. The number of hydrogen-bond donors (Lipinski definition) is 2. The number of aromatic nitrogens is 3. The molecular formula is C52H46N3O4Pt-. The summed E-state index contributed by atoms with van der Waals surface area (Å²) in [5.74, 6) is -1.70. The van der Waals surface area contributed by atoms with Crippen LogP contribution in [0.15, 0.2) is 133 Å². The summed E-state index contributed by atoms with van der Waals surface area (Å²) in [6.45, 7) is 13.9. The summed E-state index contributed by atoms with van der Waals surface area (Å²) in [4.78, 5) is 26.0. The molecule has 0 fully saturated rings. The van der Waals surface area contributed by atoms with Gasteiger partial charge in [-0.15, -0.1) is 29.3 Å². The van der Waals surface area contributed by atoms with Crippen LogP contribution in [-0.4, -0.2) is 30.9 Å². The van der Waals surface area contributed by atoms with E-state index in [1.54, 1.807) is 12.1 Å². The number of imidazole rings is 1. The summed E-state index contributed by atoms with van der Waals surface area (Å²) in [5.41, 5.74) is 9.87. The number of para-hydroxylation sites is 1. The van der Waals surface area contributed by atoms with Crippen molar-refractivity contribution in [3.8, 4) is 67.5 Å². The van der Waals surface area contributed by atoms with Crippen molar-refractivity contribution in [2.45, 2.75) is 59.8 Å². The first kappa shape index (κ1) is 35.8. The maximum Gasteiger partial charge on any atom is 0.372 e. The number of phenolic OH excluding ortho intramolecular Hbond substituents is 1. The van der Waals surface area contributed by atoms with E-state index in [0.29, 0.717) is 44.9 Å². The molecule has 304 valence electrons. The van der Waals surface area contributed by atoms with Crippen molar-refractivity contribution in [2.75, 3.05) is 0 Å².